The zero-order valence-corrected chi connectivity index (χ0v) is 14.0. The quantitative estimate of drug-likeness (QED) is 0.813. The van der Waals surface area contributed by atoms with Gasteiger partial charge in [-0.1, -0.05) is 29.8 Å². The van der Waals surface area contributed by atoms with Crippen LogP contribution in [0, 0.1) is 29.6 Å². The molecule has 0 fully saturated rings. The van der Waals surface area contributed by atoms with Gasteiger partial charge in [-0.2, -0.15) is 23.7 Å². The summed E-state index contributed by atoms with van der Waals surface area (Å²) >= 11 is 0.801. The standard InChI is InChI=1S/C17H13F3N4S/c1-10-2-4-11(5-3-10)14-12(8-21)15(23)24-16(13(14)9-22)25-7-6-17(18,19)20/h2-5H,6-7H2,1H3,(H2,23,24). The highest BCUT2D eigenvalue weighted by Gasteiger charge is 2.27. The lowest BCUT2D eigenvalue weighted by atomic mass is 9.96. The lowest BCUT2D eigenvalue weighted by Crippen LogP contribution is -2.09. The molecule has 0 amide bonds. The molecule has 25 heavy (non-hydrogen) atoms. The van der Waals surface area contributed by atoms with Crippen molar-refractivity contribution < 1.29 is 13.2 Å². The van der Waals surface area contributed by atoms with Crippen molar-refractivity contribution in [1.29, 1.82) is 10.5 Å². The van der Waals surface area contributed by atoms with Crippen LogP contribution in [0.4, 0.5) is 19.0 Å². The zero-order chi connectivity index (χ0) is 18.6. The summed E-state index contributed by atoms with van der Waals surface area (Å²) in [6.45, 7) is 1.89. The van der Waals surface area contributed by atoms with Gasteiger partial charge in [0.15, 0.2) is 0 Å². The van der Waals surface area contributed by atoms with Crippen molar-refractivity contribution in [3.05, 3.63) is 41.0 Å². The Morgan fingerprint density at radius 3 is 2.24 bits per heavy atom. The van der Waals surface area contributed by atoms with Gasteiger partial charge in [0.25, 0.3) is 0 Å². The van der Waals surface area contributed by atoms with E-state index in [0.717, 1.165) is 17.3 Å². The molecule has 4 nitrogen and oxygen atoms in total. The molecule has 8 heteroatoms. The second kappa shape index (κ2) is 7.45. The fourth-order valence-electron chi connectivity index (χ4n) is 2.17. The van der Waals surface area contributed by atoms with Gasteiger partial charge >= 0.3 is 6.18 Å². The lowest BCUT2D eigenvalue weighted by Gasteiger charge is -2.13. The molecule has 0 bridgehead atoms. The summed E-state index contributed by atoms with van der Waals surface area (Å²) in [6.07, 6.45) is -5.30. The van der Waals surface area contributed by atoms with E-state index in [2.05, 4.69) is 4.98 Å². The zero-order valence-electron chi connectivity index (χ0n) is 13.2. The number of nitrogens with two attached hydrogens (primary N) is 1. The maximum atomic E-state index is 12.4. The summed E-state index contributed by atoms with van der Waals surface area (Å²) < 4.78 is 37.1. The van der Waals surface area contributed by atoms with Gasteiger partial charge in [-0.15, -0.1) is 11.8 Å². The molecule has 0 aliphatic rings. The fraction of sp³-hybridized carbons (Fsp3) is 0.235. The second-order valence-corrected chi connectivity index (χ2v) is 6.31. The van der Waals surface area contributed by atoms with Crippen molar-refractivity contribution >= 4 is 17.6 Å². The van der Waals surface area contributed by atoms with Gasteiger partial charge in [0.05, 0.1) is 12.0 Å². The summed E-state index contributed by atoms with van der Waals surface area (Å²) in [7, 11) is 0. The van der Waals surface area contributed by atoms with Crippen LogP contribution in [0.2, 0.25) is 0 Å². The number of benzene rings is 1. The van der Waals surface area contributed by atoms with Gasteiger partial charge in [-0.05, 0) is 12.5 Å². The van der Waals surface area contributed by atoms with Crippen LogP contribution in [0.1, 0.15) is 23.1 Å². The number of aryl methyl sites for hydroxylation is 1. The van der Waals surface area contributed by atoms with Crippen molar-refractivity contribution in [2.24, 2.45) is 0 Å². The number of nitrogens with zero attached hydrogens (tertiary/aromatic N) is 3. The lowest BCUT2D eigenvalue weighted by molar-refractivity contribution is -0.129. The van der Waals surface area contributed by atoms with Crippen molar-refractivity contribution in [2.45, 2.75) is 24.5 Å². The minimum Gasteiger partial charge on any atom is -0.383 e. The Morgan fingerprint density at radius 1 is 1.12 bits per heavy atom. The maximum Gasteiger partial charge on any atom is 0.389 e. The number of rotatable bonds is 4. The van der Waals surface area contributed by atoms with Crippen molar-refractivity contribution in [1.82, 2.24) is 4.98 Å². The number of anilines is 1. The molecule has 1 aromatic heterocycles. The molecule has 0 spiro atoms. The molecular formula is C17H13F3N4S. The molecule has 2 N–H and O–H groups in total. The number of nitriles is 2. The SMILES string of the molecule is Cc1ccc(-c2c(C#N)c(N)nc(SCCC(F)(F)F)c2C#N)cc1. The van der Waals surface area contributed by atoms with Crippen LogP contribution < -0.4 is 5.73 Å². The Balaban J connectivity index is 2.55. The Kier molecular flexibility index (Phi) is 5.55. The van der Waals surface area contributed by atoms with E-state index in [1.54, 1.807) is 12.1 Å². The number of hydrogen-bond acceptors (Lipinski definition) is 5. The molecule has 0 saturated heterocycles. The summed E-state index contributed by atoms with van der Waals surface area (Å²) in [4.78, 5) is 3.97. The maximum absolute atomic E-state index is 12.4. The highest BCUT2D eigenvalue weighted by molar-refractivity contribution is 7.99. The molecule has 0 aliphatic carbocycles. The number of halogens is 3. The Morgan fingerprint density at radius 2 is 1.72 bits per heavy atom. The predicted molar refractivity (Wildman–Crippen MR) is 89.6 cm³/mol. The normalized spacial score (nSPS) is 11.0. The first-order valence-corrected chi connectivity index (χ1v) is 8.15. The van der Waals surface area contributed by atoms with Crippen LogP contribution in [-0.4, -0.2) is 16.9 Å². The number of hydrogen-bond donors (Lipinski definition) is 1. The van der Waals surface area contributed by atoms with Crippen molar-refractivity contribution in [3.8, 4) is 23.3 Å². The average Bonchev–Trinajstić information content (AvgIpc) is 2.54. The first-order chi connectivity index (χ1) is 11.8. The first kappa shape index (κ1) is 18.6. The topological polar surface area (TPSA) is 86.5 Å². The van der Waals surface area contributed by atoms with E-state index in [9.17, 15) is 23.7 Å². The molecule has 0 unspecified atom stereocenters. The highest BCUT2D eigenvalue weighted by Crippen LogP contribution is 2.36. The molecule has 0 saturated carbocycles. The Hall–Kier alpha value is -2.71. The van der Waals surface area contributed by atoms with E-state index in [0.29, 0.717) is 11.1 Å². The van der Waals surface area contributed by atoms with E-state index in [1.165, 1.54) is 0 Å². The van der Waals surface area contributed by atoms with Gasteiger partial charge in [0, 0.05) is 11.3 Å². The van der Waals surface area contributed by atoms with Crippen molar-refractivity contribution in [2.75, 3.05) is 11.5 Å². The second-order valence-electron chi connectivity index (χ2n) is 5.23. The fourth-order valence-corrected chi connectivity index (χ4v) is 3.16. The average molecular weight is 362 g/mol. The van der Waals surface area contributed by atoms with E-state index in [-0.39, 0.29) is 27.7 Å². The van der Waals surface area contributed by atoms with E-state index < -0.39 is 12.6 Å². The number of thioether (sulfide) groups is 1. The third-order valence-electron chi connectivity index (χ3n) is 3.38. The molecule has 0 atom stereocenters. The number of alkyl halides is 3. The van der Waals surface area contributed by atoms with Gasteiger partial charge < -0.3 is 5.73 Å². The summed E-state index contributed by atoms with van der Waals surface area (Å²) in [5, 5.41) is 19.0. The van der Waals surface area contributed by atoms with Gasteiger partial charge in [0.1, 0.15) is 28.5 Å². The van der Waals surface area contributed by atoms with Crippen LogP contribution in [0.5, 0.6) is 0 Å². The van der Waals surface area contributed by atoms with E-state index in [1.807, 2.05) is 31.2 Å². The van der Waals surface area contributed by atoms with Crippen LogP contribution in [-0.2, 0) is 0 Å². The molecule has 128 valence electrons. The molecule has 2 rings (SSSR count). The smallest absolute Gasteiger partial charge is 0.383 e. The first-order valence-electron chi connectivity index (χ1n) is 7.17. The predicted octanol–water partition coefficient (Wildman–Crippen LogP) is 4.43. The molecular weight excluding hydrogens is 349 g/mol. The highest BCUT2D eigenvalue weighted by atomic mass is 32.2. The van der Waals surface area contributed by atoms with Gasteiger partial charge in [-0.3, -0.25) is 0 Å². The largest absolute Gasteiger partial charge is 0.389 e. The summed E-state index contributed by atoms with van der Waals surface area (Å²) in [6, 6.07) is 11.0. The monoisotopic (exact) mass is 362 g/mol. The Labute approximate surface area is 147 Å². The molecule has 2 aromatic rings. The van der Waals surface area contributed by atoms with Crippen molar-refractivity contribution in [3.63, 3.8) is 0 Å². The number of nitrogen functional groups attached to an aromatic ring is 1. The van der Waals surface area contributed by atoms with E-state index >= 15 is 0 Å². The molecule has 1 aromatic carbocycles. The third-order valence-corrected chi connectivity index (χ3v) is 4.36. The Bertz CT molecular complexity index is 862. The van der Waals surface area contributed by atoms with E-state index in [4.69, 9.17) is 5.73 Å². The van der Waals surface area contributed by atoms with Crippen LogP contribution in [0.3, 0.4) is 0 Å². The third kappa shape index (κ3) is 4.43. The summed E-state index contributed by atoms with van der Waals surface area (Å²) in [5.41, 5.74) is 7.78. The minimum atomic E-state index is -4.29. The van der Waals surface area contributed by atoms with Crippen LogP contribution in [0.15, 0.2) is 29.3 Å². The van der Waals surface area contributed by atoms with Crippen LogP contribution >= 0.6 is 11.8 Å². The van der Waals surface area contributed by atoms with Gasteiger partial charge in [-0.25, -0.2) is 4.98 Å². The molecule has 1 heterocycles. The summed E-state index contributed by atoms with van der Waals surface area (Å²) in [5.74, 6) is -0.393. The van der Waals surface area contributed by atoms with Crippen LogP contribution in [0.25, 0.3) is 11.1 Å². The molecule has 0 radical (unpaired) electrons. The minimum absolute atomic E-state index is 0.0422. The van der Waals surface area contributed by atoms with Gasteiger partial charge in [0.2, 0.25) is 0 Å². The number of pyridine rings is 1. The number of aromatic nitrogens is 1. The molecule has 0 aliphatic heterocycles.